The van der Waals surface area contributed by atoms with Crippen molar-refractivity contribution in [1.29, 1.82) is 0 Å². The van der Waals surface area contributed by atoms with Gasteiger partial charge in [0, 0.05) is 18.7 Å². The lowest BCUT2D eigenvalue weighted by Gasteiger charge is -2.11. The Bertz CT molecular complexity index is 245. The summed E-state index contributed by atoms with van der Waals surface area (Å²) in [7, 11) is 0. The first-order valence-electron chi connectivity index (χ1n) is 5.03. The van der Waals surface area contributed by atoms with Crippen molar-refractivity contribution >= 4 is 18.2 Å². The zero-order valence-electron chi connectivity index (χ0n) is 9.16. The van der Waals surface area contributed by atoms with E-state index in [1.54, 1.807) is 0 Å². The number of nitrogens with zero attached hydrogens (tertiary/aromatic N) is 2. The Hall–Kier alpha value is -0.700. The molecular weight excluding hydrogens is 198 g/mol. The summed E-state index contributed by atoms with van der Waals surface area (Å²) >= 11 is 0. The third-order valence-corrected chi connectivity index (χ3v) is 2.00. The van der Waals surface area contributed by atoms with Gasteiger partial charge < -0.3 is 5.32 Å². The van der Waals surface area contributed by atoms with Crippen LogP contribution in [-0.4, -0.2) is 16.3 Å². The molecule has 4 heteroatoms. The van der Waals surface area contributed by atoms with Gasteiger partial charge in [-0.15, -0.1) is 12.4 Å². The van der Waals surface area contributed by atoms with Gasteiger partial charge in [0.1, 0.15) is 5.82 Å². The predicted molar refractivity (Wildman–Crippen MR) is 63.3 cm³/mol. The summed E-state index contributed by atoms with van der Waals surface area (Å²) in [6.45, 7) is 7.51. The number of aromatic nitrogens is 2. The Morgan fingerprint density at radius 1 is 1.50 bits per heavy atom. The standard InChI is InChI=1S/C10H19N3.ClH/c1-4-5-7-11-10-6-8-12-13(10)9(2)3;/h6,8-9,11H,4-5,7H2,1-3H3;1H. The van der Waals surface area contributed by atoms with Crippen molar-refractivity contribution in [2.75, 3.05) is 11.9 Å². The molecule has 0 bridgehead atoms. The molecule has 0 atom stereocenters. The van der Waals surface area contributed by atoms with Crippen molar-refractivity contribution in [2.24, 2.45) is 0 Å². The number of hydrogen-bond acceptors (Lipinski definition) is 2. The summed E-state index contributed by atoms with van der Waals surface area (Å²) in [6, 6.07) is 2.45. The van der Waals surface area contributed by atoms with Crippen molar-refractivity contribution in [1.82, 2.24) is 9.78 Å². The molecule has 0 unspecified atom stereocenters. The van der Waals surface area contributed by atoms with Crippen molar-refractivity contribution < 1.29 is 0 Å². The summed E-state index contributed by atoms with van der Waals surface area (Å²) in [5, 5.41) is 7.62. The molecule has 0 aliphatic heterocycles. The predicted octanol–water partition coefficient (Wildman–Crippen LogP) is 3.10. The van der Waals surface area contributed by atoms with Gasteiger partial charge in [0.15, 0.2) is 0 Å². The molecule has 82 valence electrons. The highest BCUT2D eigenvalue weighted by Crippen LogP contribution is 2.12. The average Bonchev–Trinajstić information content (AvgIpc) is 2.53. The van der Waals surface area contributed by atoms with Crippen LogP contribution in [0.25, 0.3) is 0 Å². The van der Waals surface area contributed by atoms with Crippen LogP contribution in [0.15, 0.2) is 12.3 Å². The molecule has 0 amide bonds. The second-order valence-corrected chi connectivity index (χ2v) is 3.54. The molecule has 0 aliphatic rings. The highest BCUT2D eigenvalue weighted by Gasteiger charge is 2.03. The minimum atomic E-state index is 0. The first-order chi connectivity index (χ1) is 6.25. The summed E-state index contributed by atoms with van der Waals surface area (Å²) < 4.78 is 2.01. The molecule has 0 radical (unpaired) electrons. The zero-order valence-corrected chi connectivity index (χ0v) is 9.97. The molecule has 1 heterocycles. The summed E-state index contributed by atoms with van der Waals surface area (Å²) in [6.07, 6.45) is 4.28. The fraction of sp³-hybridized carbons (Fsp3) is 0.700. The van der Waals surface area contributed by atoms with Gasteiger partial charge in [-0.3, -0.25) is 0 Å². The minimum absolute atomic E-state index is 0. The molecule has 1 N–H and O–H groups in total. The van der Waals surface area contributed by atoms with Crippen LogP contribution in [0.2, 0.25) is 0 Å². The molecule has 1 aromatic rings. The van der Waals surface area contributed by atoms with Gasteiger partial charge in [-0.25, -0.2) is 4.68 Å². The maximum absolute atomic E-state index is 4.25. The Morgan fingerprint density at radius 2 is 2.21 bits per heavy atom. The Labute approximate surface area is 92.3 Å². The van der Waals surface area contributed by atoms with Crippen molar-refractivity contribution in [3.05, 3.63) is 12.3 Å². The van der Waals surface area contributed by atoms with Crippen LogP contribution < -0.4 is 5.32 Å². The Balaban J connectivity index is 0.00000169. The van der Waals surface area contributed by atoms with E-state index in [2.05, 4.69) is 31.2 Å². The maximum atomic E-state index is 4.25. The van der Waals surface area contributed by atoms with E-state index in [4.69, 9.17) is 0 Å². The second kappa shape index (κ2) is 6.71. The molecule has 3 nitrogen and oxygen atoms in total. The van der Waals surface area contributed by atoms with E-state index in [0.717, 1.165) is 12.4 Å². The van der Waals surface area contributed by atoms with Gasteiger partial charge in [0.25, 0.3) is 0 Å². The van der Waals surface area contributed by atoms with Crippen LogP contribution in [0.3, 0.4) is 0 Å². The van der Waals surface area contributed by atoms with Crippen molar-refractivity contribution in [2.45, 2.75) is 39.7 Å². The zero-order chi connectivity index (χ0) is 9.68. The van der Waals surface area contributed by atoms with E-state index in [1.165, 1.54) is 12.8 Å². The number of halogens is 1. The van der Waals surface area contributed by atoms with E-state index >= 15 is 0 Å². The van der Waals surface area contributed by atoms with E-state index in [0.29, 0.717) is 6.04 Å². The fourth-order valence-electron chi connectivity index (χ4n) is 1.26. The minimum Gasteiger partial charge on any atom is -0.370 e. The molecule has 0 spiro atoms. The molecule has 0 fully saturated rings. The van der Waals surface area contributed by atoms with Crippen LogP contribution >= 0.6 is 12.4 Å². The van der Waals surface area contributed by atoms with Gasteiger partial charge in [0.2, 0.25) is 0 Å². The quantitative estimate of drug-likeness (QED) is 0.769. The number of nitrogens with one attached hydrogen (secondary N) is 1. The third kappa shape index (κ3) is 3.58. The first kappa shape index (κ1) is 13.3. The molecule has 1 aromatic heterocycles. The average molecular weight is 218 g/mol. The van der Waals surface area contributed by atoms with Crippen LogP contribution in [0.1, 0.15) is 39.7 Å². The smallest absolute Gasteiger partial charge is 0.124 e. The first-order valence-corrected chi connectivity index (χ1v) is 5.03. The molecule has 0 saturated heterocycles. The van der Waals surface area contributed by atoms with Crippen LogP contribution in [0.5, 0.6) is 0 Å². The van der Waals surface area contributed by atoms with Gasteiger partial charge in [-0.1, -0.05) is 13.3 Å². The molecule has 0 aliphatic carbocycles. The van der Waals surface area contributed by atoms with Gasteiger partial charge in [0.05, 0.1) is 6.20 Å². The third-order valence-electron chi connectivity index (χ3n) is 2.00. The normalized spacial score (nSPS) is 10.0. The number of anilines is 1. The molecule has 14 heavy (non-hydrogen) atoms. The highest BCUT2D eigenvalue weighted by molar-refractivity contribution is 5.85. The second-order valence-electron chi connectivity index (χ2n) is 3.54. The molecule has 0 aromatic carbocycles. The van der Waals surface area contributed by atoms with Gasteiger partial charge in [-0.05, 0) is 20.3 Å². The van der Waals surface area contributed by atoms with E-state index in [9.17, 15) is 0 Å². The lowest BCUT2D eigenvalue weighted by molar-refractivity contribution is 0.537. The molecule has 1 rings (SSSR count). The summed E-state index contributed by atoms with van der Waals surface area (Å²) in [5.41, 5.74) is 0. The summed E-state index contributed by atoms with van der Waals surface area (Å²) in [4.78, 5) is 0. The molecule has 0 saturated carbocycles. The summed E-state index contributed by atoms with van der Waals surface area (Å²) in [5.74, 6) is 1.13. The van der Waals surface area contributed by atoms with E-state index in [-0.39, 0.29) is 12.4 Å². The van der Waals surface area contributed by atoms with Gasteiger partial charge >= 0.3 is 0 Å². The number of rotatable bonds is 5. The number of unbranched alkanes of at least 4 members (excludes halogenated alkanes) is 1. The number of hydrogen-bond donors (Lipinski definition) is 1. The Kier molecular flexibility index (Phi) is 6.37. The Morgan fingerprint density at radius 3 is 2.79 bits per heavy atom. The van der Waals surface area contributed by atoms with Crippen molar-refractivity contribution in [3.63, 3.8) is 0 Å². The van der Waals surface area contributed by atoms with Crippen molar-refractivity contribution in [3.8, 4) is 0 Å². The monoisotopic (exact) mass is 217 g/mol. The maximum Gasteiger partial charge on any atom is 0.124 e. The van der Waals surface area contributed by atoms with Crippen LogP contribution in [0, 0.1) is 0 Å². The largest absolute Gasteiger partial charge is 0.370 e. The highest BCUT2D eigenvalue weighted by atomic mass is 35.5. The van der Waals surface area contributed by atoms with Crippen LogP contribution in [-0.2, 0) is 0 Å². The van der Waals surface area contributed by atoms with Crippen LogP contribution in [0.4, 0.5) is 5.82 Å². The fourth-order valence-corrected chi connectivity index (χ4v) is 1.26. The van der Waals surface area contributed by atoms with E-state index < -0.39 is 0 Å². The topological polar surface area (TPSA) is 29.9 Å². The lowest BCUT2D eigenvalue weighted by atomic mass is 10.3. The lowest BCUT2D eigenvalue weighted by Crippen LogP contribution is -2.10. The SMILES string of the molecule is CCCCNc1ccnn1C(C)C.Cl. The van der Waals surface area contributed by atoms with Gasteiger partial charge in [-0.2, -0.15) is 5.10 Å². The van der Waals surface area contributed by atoms with E-state index in [1.807, 2.05) is 16.9 Å². The molecular formula is C10H20ClN3.